The van der Waals surface area contributed by atoms with Gasteiger partial charge in [0.15, 0.2) is 0 Å². The van der Waals surface area contributed by atoms with Crippen LogP contribution in [-0.2, 0) is 14.3 Å². The van der Waals surface area contributed by atoms with E-state index in [1.54, 1.807) is 29.2 Å². The number of aliphatic hydroxyl groups excluding tert-OH is 1. The average molecular weight is 491 g/mol. The molecule has 2 heterocycles. The van der Waals surface area contributed by atoms with Crippen LogP contribution >= 0.6 is 0 Å². The van der Waals surface area contributed by atoms with Crippen LogP contribution in [0, 0.1) is 13.8 Å². The highest BCUT2D eigenvalue weighted by Gasteiger charge is 2.45. The lowest BCUT2D eigenvalue weighted by molar-refractivity contribution is -0.140. The molecule has 2 aliphatic rings. The monoisotopic (exact) mass is 490 g/mol. The summed E-state index contributed by atoms with van der Waals surface area (Å²) in [5, 5.41) is 11.4. The van der Waals surface area contributed by atoms with Gasteiger partial charge >= 0.3 is 0 Å². The van der Waals surface area contributed by atoms with Crippen molar-refractivity contribution in [2.75, 3.05) is 46.0 Å². The van der Waals surface area contributed by atoms with Gasteiger partial charge in [-0.25, -0.2) is 0 Å². The highest BCUT2D eigenvalue weighted by Crippen LogP contribution is 2.40. The standard InChI is InChI=1S/C29H34N2O5/c1-4-16-36-23-10-11-24(21(3)19-23)27(32)25-26(22-8-6-20(2)7-9-22)31(29(34)28(25)33)13-5-12-30-14-17-35-18-15-30/h4,6-11,19,26,32H,1,5,12-18H2,2-3H3/t26-/m0/s1. The summed E-state index contributed by atoms with van der Waals surface area (Å²) in [6.45, 7) is 12.3. The number of ketones is 1. The molecule has 7 nitrogen and oxygen atoms in total. The zero-order chi connectivity index (χ0) is 25.7. The van der Waals surface area contributed by atoms with E-state index in [1.165, 1.54) is 0 Å². The number of carbonyl (C=O) groups excluding carboxylic acids is 2. The maximum Gasteiger partial charge on any atom is 0.295 e. The van der Waals surface area contributed by atoms with Gasteiger partial charge in [-0.15, -0.1) is 0 Å². The van der Waals surface area contributed by atoms with Gasteiger partial charge in [0, 0.05) is 31.7 Å². The van der Waals surface area contributed by atoms with E-state index >= 15 is 0 Å². The number of Topliss-reactive ketones (excluding diaryl/α,β-unsaturated/α-hetero) is 1. The van der Waals surface area contributed by atoms with Crippen LogP contribution in [0.5, 0.6) is 5.75 Å². The third kappa shape index (κ3) is 5.53. The van der Waals surface area contributed by atoms with E-state index in [4.69, 9.17) is 9.47 Å². The second-order valence-electron chi connectivity index (χ2n) is 9.29. The summed E-state index contributed by atoms with van der Waals surface area (Å²) in [7, 11) is 0. The first-order valence-electron chi connectivity index (χ1n) is 12.4. The maximum absolute atomic E-state index is 13.3. The topological polar surface area (TPSA) is 79.3 Å². The number of rotatable bonds is 9. The molecule has 1 N–H and O–H groups in total. The number of carbonyl (C=O) groups is 2. The van der Waals surface area contributed by atoms with Crippen molar-refractivity contribution in [3.8, 4) is 5.75 Å². The van der Waals surface area contributed by atoms with Crippen molar-refractivity contribution in [1.29, 1.82) is 0 Å². The molecule has 36 heavy (non-hydrogen) atoms. The Morgan fingerprint density at radius 2 is 1.83 bits per heavy atom. The Kier molecular flexibility index (Phi) is 8.23. The molecule has 2 fully saturated rings. The van der Waals surface area contributed by atoms with Crippen molar-refractivity contribution in [2.45, 2.75) is 26.3 Å². The van der Waals surface area contributed by atoms with Gasteiger partial charge in [0.25, 0.3) is 11.7 Å². The average Bonchev–Trinajstić information content (AvgIpc) is 3.13. The third-order valence-electron chi connectivity index (χ3n) is 6.73. The Labute approximate surface area is 212 Å². The van der Waals surface area contributed by atoms with Gasteiger partial charge in [-0.3, -0.25) is 14.5 Å². The Balaban J connectivity index is 1.67. The van der Waals surface area contributed by atoms with Gasteiger partial charge in [0.05, 0.1) is 24.8 Å². The molecule has 0 aromatic heterocycles. The minimum atomic E-state index is -0.657. The first-order chi connectivity index (χ1) is 17.4. The third-order valence-corrected chi connectivity index (χ3v) is 6.73. The number of hydrogen-bond acceptors (Lipinski definition) is 6. The van der Waals surface area contributed by atoms with Crippen LogP contribution in [0.4, 0.5) is 0 Å². The number of nitrogens with zero attached hydrogens (tertiary/aromatic N) is 2. The van der Waals surface area contributed by atoms with Crippen molar-refractivity contribution in [1.82, 2.24) is 9.80 Å². The molecule has 0 spiro atoms. The van der Waals surface area contributed by atoms with E-state index in [0.717, 1.165) is 42.7 Å². The SMILES string of the molecule is C=CCOc1ccc(C(O)=C2C(=O)C(=O)N(CCCN3CCOCC3)[C@H]2c2ccc(C)cc2)c(C)c1. The molecule has 7 heteroatoms. The van der Waals surface area contributed by atoms with E-state index in [-0.39, 0.29) is 11.3 Å². The fourth-order valence-corrected chi connectivity index (χ4v) is 4.79. The van der Waals surface area contributed by atoms with E-state index < -0.39 is 17.7 Å². The van der Waals surface area contributed by atoms with Crippen molar-refractivity contribution >= 4 is 17.4 Å². The highest BCUT2D eigenvalue weighted by molar-refractivity contribution is 6.46. The lowest BCUT2D eigenvalue weighted by atomic mass is 9.93. The van der Waals surface area contributed by atoms with E-state index in [2.05, 4.69) is 11.5 Å². The van der Waals surface area contributed by atoms with Gasteiger partial charge in [-0.2, -0.15) is 0 Å². The van der Waals surface area contributed by atoms with Crippen molar-refractivity contribution in [3.05, 3.63) is 82.9 Å². The lowest BCUT2D eigenvalue weighted by Gasteiger charge is -2.29. The van der Waals surface area contributed by atoms with Gasteiger partial charge in [0.1, 0.15) is 18.1 Å². The predicted molar refractivity (Wildman–Crippen MR) is 139 cm³/mol. The number of amides is 1. The van der Waals surface area contributed by atoms with Crippen LogP contribution in [0.1, 0.15) is 34.7 Å². The fraction of sp³-hybridized carbons (Fsp3) is 0.379. The zero-order valence-corrected chi connectivity index (χ0v) is 21.0. The summed E-state index contributed by atoms with van der Waals surface area (Å²) < 4.78 is 11.0. The molecule has 2 aliphatic heterocycles. The quantitative estimate of drug-likeness (QED) is 0.248. The normalized spacial score (nSPS) is 20.1. The number of morpholine rings is 1. The predicted octanol–water partition coefficient (Wildman–Crippen LogP) is 4.01. The summed E-state index contributed by atoms with van der Waals surface area (Å²) in [5.74, 6) is -0.756. The Bertz CT molecular complexity index is 1150. The maximum atomic E-state index is 13.3. The molecule has 1 atom stereocenters. The summed E-state index contributed by atoms with van der Waals surface area (Å²) in [6.07, 6.45) is 2.38. The second kappa shape index (κ2) is 11.5. The molecule has 2 saturated heterocycles. The van der Waals surface area contributed by atoms with Crippen LogP contribution in [0.25, 0.3) is 5.76 Å². The summed E-state index contributed by atoms with van der Waals surface area (Å²) in [5.41, 5.74) is 3.25. The van der Waals surface area contributed by atoms with Crippen molar-refractivity contribution in [3.63, 3.8) is 0 Å². The molecular formula is C29H34N2O5. The summed E-state index contributed by atoms with van der Waals surface area (Å²) in [6, 6.07) is 12.4. The van der Waals surface area contributed by atoms with Crippen LogP contribution in [0.3, 0.4) is 0 Å². The molecule has 0 bridgehead atoms. The number of ether oxygens (including phenoxy) is 2. The first kappa shape index (κ1) is 25.7. The number of benzene rings is 2. The Hall–Kier alpha value is -3.42. The molecule has 4 rings (SSSR count). The Morgan fingerprint density at radius 3 is 2.50 bits per heavy atom. The number of aryl methyl sites for hydroxylation is 2. The molecule has 2 aromatic carbocycles. The van der Waals surface area contributed by atoms with Gasteiger partial charge in [-0.1, -0.05) is 42.5 Å². The van der Waals surface area contributed by atoms with Crippen molar-refractivity contribution in [2.24, 2.45) is 0 Å². The van der Waals surface area contributed by atoms with Gasteiger partial charge < -0.3 is 19.5 Å². The summed E-state index contributed by atoms with van der Waals surface area (Å²) >= 11 is 0. The number of aliphatic hydroxyl groups is 1. The van der Waals surface area contributed by atoms with E-state index in [0.29, 0.717) is 37.7 Å². The van der Waals surface area contributed by atoms with Crippen LogP contribution in [-0.4, -0.2) is 72.6 Å². The lowest BCUT2D eigenvalue weighted by Crippen LogP contribution is -2.38. The van der Waals surface area contributed by atoms with Crippen LogP contribution < -0.4 is 4.74 Å². The minimum absolute atomic E-state index is 0.123. The zero-order valence-electron chi connectivity index (χ0n) is 21.0. The first-order valence-corrected chi connectivity index (χ1v) is 12.4. The smallest absolute Gasteiger partial charge is 0.295 e. The number of hydrogen-bond donors (Lipinski definition) is 1. The molecule has 190 valence electrons. The fourth-order valence-electron chi connectivity index (χ4n) is 4.79. The van der Waals surface area contributed by atoms with Gasteiger partial charge in [0.2, 0.25) is 0 Å². The second-order valence-corrected chi connectivity index (χ2v) is 9.29. The van der Waals surface area contributed by atoms with E-state index in [9.17, 15) is 14.7 Å². The van der Waals surface area contributed by atoms with Gasteiger partial charge in [-0.05, 0) is 49.6 Å². The summed E-state index contributed by atoms with van der Waals surface area (Å²) in [4.78, 5) is 30.4. The molecule has 0 saturated carbocycles. The molecule has 0 radical (unpaired) electrons. The Morgan fingerprint density at radius 1 is 1.11 bits per heavy atom. The van der Waals surface area contributed by atoms with Crippen LogP contribution in [0.2, 0.25) is 0 Å². The molecule has 1 amide bonds. The number of likely N-dealkylation sites (tertiary alicyclic amines) is 1. The largest absolute Gasteiger partial charge is 0.507 e. The molecule has 2 aromatic rings. The molecule has 0 unspecified atom stereocenters. The highest BCUT2D eigenvalue weighted by atomic mass is 16.5. The van der Waals surface area contributed by atoms with Crippen LogP contribution in [0.15, 0.2) is 60.7 Å². The van der Waals surface area contributed by atoms with Crippen molar-refractivity contribution < 1.29 is 24.2 Å². The minimum Gasteiger partial charge on any atom is -0.507 e. The molecule has 0 aliphatic carbocycles. The van der Waals surface area contributed by atoms with E-state index in [1.807, 2.05) is 38.1 Å². The molecular weight excluding hydrogens is 456 g/mol.